The van der Waals surface area contributed by atoms with Gasteiger partial charge in [-0.15, -0.1) is 11.3 Å². The Morgan fingerprint density at radius 3 is 2.94 bits per heavy atom. The highest BCUT2D eigenvalue weighted by Gasteiger charge is 2.09. The molecular weight excluding hydrogens is 336 g/mol. The van der Waals surface area contributed by atoms with Crippen molar-refractivity contribution in [3.63, 3.8) is 0 Å². The number of amides is 1. The van der Waals surface area contributed by atoms with Gasteiger partial charge in [-0.25, -0.2) is 0 Å². The minimum atomic E-state index is -0.191. The lowest BCUT2D eigenvalue weighted by atomic mass is 10.2. The maximum absolute atomic E-state index is 11.8. The molecule has 2 aromatic heterocycles. The van der Waals surface area contributed by atoms with Crippen molar-refractivity contribution in [1.29, 1.82) is 0 Å². The van der Waals surface area contributed by atoms with Gasteiger partial charge in [0.2, 0.25) is 0 Å². The normalized spacial score (nSPS) is 10.3. The number of halogens is 2. The zero-order chi connectivity index (χ0) is 13.0. The molecule has 0 radical (unpaired) electrons. The zero-order valence-corrected chi connectivity index (χ0v) is 12.5. The van der Waals surface area contributed by atoms with Gasteiger partial charge in [-0.3, -0.25) is 9.78 Å². The van der Waals surface area contributed by atoms with Crippen molar-refractivity contribution >= 4 is 44.8 Å². The summed E-state index contributed by atoms with van der Waals surface area (Å²) >= 11 is 11.0. The molecule has 3 nitrogen and oxygen atoms in total. The number of nitrogens with one attached hydrogen (secondary N) is 1. The van der Waals surface area contributed by atoms with E-state index in [1.165, 1.54) is 11.1 Å². The maximum atomic E-state index is 11.8. The molecule has 6 heteroatoms. The molecule has 2 rings (SSSR count). The number of hydrogen-bond donors (Lipinski definition) is 1. The minimum Gasteiger partial charge on any atom is -0.352 e. The quantitative estimate of drug-likeness (QED) is 0.921. The molecule has 0 saturated carbocycles. The van der Waals surface area contributed by atoms with Crippen LogP contribution in [0.2, 0.25) is 5.02 Å². The van der Waals surface area contributed by atoms with Crippen LogP contribution in [0.25, 0.3) is 0 Å². The van der Waals surface area contributed by atoms with Crippen LogP contribution in [-0.4, -0.2) is 17.4 Å². The molecule has 0 unspecified atom stereocenters. The lowest BCUT2D eigenvalue weighted by Gasteiger charge is -2.05. The number of carbonyl (C=O) groups excluding carboxylic acids is 1. The van der Waals surface area contributed by atoms with Crippen LogP contribution in [0.3, 0.4) is 0 Å². The Morgan fingerprint density at radius 2 is 2.28 bits per heavy atom. The molecule has 2 heterocycles. The molecule has 0 aromatic carbocycles. The molecule has 2 aromatic rings. The molecule has 0 saturated heterocycles. The summed E-state index contributed by atoms with van der Waals surface area (Å²) < 4.78 is 1.10. The second kappa shape index (κ2) is 6.31. The highest BCUT2D eigenvalue weighted by Crippen LogP contribution is 2.22. The summed E-state index contributed by atoms with van der Waals surface area (Å²) in [6.45, 7) is 0.580. The predicted octanol–water partition coefficient (Wildman–Crippen LogP) is 3.53. The standard InChI is InChI=1S/C12H10BrClN2OS/c13-11-2-1-8(18-11)3-6-16-12(17)9-7-15-5-4-10(9)14/h1-2,4-5,7H,3,6H2,(H,16,17). The van der Waals surface area contributed by atoms with Gasteiger partial charge in [-0.1, -0.05) is 11.6 Å². The Bertz CT molecular complexity index is 559. The third kappa shape index (κ3) is 3.54. The number of hydrogen-bond acceptors (Lipinski definition) is 3. The van der Waals surface area contributed by atoms with Gasteiger partial charge in [-0.05, 0) is 40.5 Å². The van der Waals surface area contributed by atoms with Crippen LogP contribution in [0, 0.1) is 0 Å². The largest absolute Gasteiger partial charge is 0.352 e. The summed E-state index contributed by atoms with van der Waals surface area (Å²) in [5.41, 5.74) is 0.409. The highest BCUT2D eigenvalue weighted by atomic mass is 79.9. The Balaban J connectivity index is 1.87. The Kier molecular flexibility index (Phi) is 4.74. The van der Waals surface area contributed by atoms with E-state index in [4.69, 9.17) is 11.6 Å². The smallest absolute Gasteiger partial charge is 0.254 e. The molecule has 0 aliphatic carbocycles. The van der Waals surface area contributed by atoms with Gasteiger partial charge in [0.05, 0.1) is 14.4 Å². The molecule has 0 aliphatic heterocycles. The first-order chi connectivity index (χ1) is 8.66. The van der Waals surface area contributed by atoms with Crippen LogP contribution in [0.4, 0.5) is 0 Å². The van der Waals surface area contributed by atoms with Crippen molar-refractivity contribution in [3.8, 4) is 0 Å². The van der Waals surface area contributed by atoms with Gasteiger partial charge in [0.1, 0.15) is 0 Å². The molecule has 0 aliphatic rings. The van der Waals surface area contributed by atoms with Crippen molar-refractivity contribution in [1.82, 2.24) is 10.3 Å². The molecule has 1 N–H and O–H groups in total. The van der Waals surface area contributed by atoms with Crippen molar-refractivity contribution in [3.05, 3.63) is 49.8 Å². The average molecular weight is 346 g/mol. The summed E-state index contributed by atoms with van der Waals surface area (Å²) in [4.78, 5) is 16.9. The number of thiophene rings is 1. The summed E-state index contributed by atoms with van der Waals surface area (Å²) in [5, 5.41) is 3.24. The molecule has 0 bridgehead atoms. The summed E-state index contributed by atoms with van der Waals surface area (Å²) in [5.74, 6) is -0.191. The Morgan fingerprint density at radius 1 is 1.44 bits per heavy atom. The monoisotopic (exact) mass is 344 g/mol. The fourth-order valence-corrected chi connectivity index (χ4v) is 3.10. The fourth-order valence-electron chi connectivity index (χ4n) is 1.43. The van der Waals surface area contributed by atoms with Crippen LogP contribution < -0.4 is 5.32 Å². The third-order valence-corrected chi connectivity index (χ3v) is 4.31. The van der Waals surface area contributed by atoms with E-state index >= 15 is 0 Å². The number of rotatable bonds is 4. The van der Waals surface area contributed by atoms with Gasteiger partial charge in [-0.2, -0.15) is 0 Å². The first kappa shape index (κ1) is 13.5. The minimum absolute atomic E-state index is 0.191. The van der Waals surface area contributed by atoms with Crippen LogP contribution >= 0.6 is 38.9 Å². The Labute approximate surface area is 122 Å². The van der Waals surface area contributed by atoms with Crippen molar-refractivity contribution in [2.75, 3.05) is 6.54 Å². The second-order valence-corrected chi connectivity index (χ2v) is 6.52. The van der Waals surface area contributed by atoms with Crippen LogP contribution in [0.5, 0.6) is 0 Å². The van der Waals surface area contributed by atoms with Gasteiger partial charge in [0.25, 0.3) is 5.91 Å². The molecule has 18 heavy (non-hydrogen) atoms. The van der Waals surface area contributed by atoms with Crippen LogP contribution in [0.15, 0.2) is 34.4 Å². The number of carbonyl (C=O) groups is 1. The predicted molar refractivity (Wildman–Crippen MR) is 77.3 cm³/mol. The van der Waals surface area contributed by atoms with Gasteiger partial charge in [0.15, 0.2) is 0 Å². The summed E-state index contributed by atoms with van der Waals surface area (Å²) in [7, 11) is 0. The van der Waals surface area contributed by atoms with Gasteiger partial charge >= 0.3 is 0 Å². The van der Waals surface area contributed by atoms with E-state index in [0.717, 1.165) is 10.2 Å². The number of pyridine rings is 1. The van der Waals surface area contributed by atoms with Gasteiger partial charge in [0, 0.05) is 23.8 Å². The van der Waals surface area contributed by atoms with Crippen LogP contribution in [0.1, 0.15) is 15.2 Å². The van der Waals surface area contributed by atoms with Crippen LogP contribution in [-0.2, 0) is 6.42 Å². The first-order valence-electron chi connectivity index (χ1n) is 5.29. The molecule has 0 atom stereocenters. The van der Waals surface area contributed by atoms with Gasteiger partial charge < -0.3 is 5.32 Å². The van der Waals surface area contributed by atoms with Crippen molar-refractivity contribution < 1.29 is 4.79 Å². The topological polar surface area (TPSA) is 42.0 Å². The number of aromatic nitrogens is 1. The van der Waals surface area contributed by atoms with E-state index in [9.17, 15) is 4.79 Å². The van der Waals surface area contributed by atoms with E-state index in [2.05, 4.69) is 26.2 Å². The van der Waals surface area contributed by atoms with E-state index in [1.807, 2.05) is 12.1 Å². The van der Waals surface area contributed by atoms with E-state index < -0.39 is 0 Å². The fraction of sp³-hybridized carbons (Fsp3) is 0.167. The van der Waals surface area contributed by atoms with Crippen molar-refractivity contribution in [2.45, 2.75) is 6.42 Å². The first-order valence-corrected chi connectivity index (χ1v) is 7.27. The molecule has 94 valence electrons. The molecular formula is C12H10BrClN2OS. The van der Waals surface area contributed by atoms with Crippen molar-refractivity contribution in [2.24, 2.45) is 0 Å². The highest BCUT2D eigenvalue weighted by molar-refractivity contribution is 9.11. The second-order valence-electron chi connectivity index (χ2n) is 3.57. The third-order valence-electron chi connectivity index (χ3n) is 2.30. The zero-order valence-electron chi connectivity index (χ0n) is 9.32. The lowest BCUT2D eigenvalue weighted by Crippen LogP contribution is -2.25. The lowest BCUT2D eigenvalue weighted by molar-refractivity contribution is 0.0954. The van der Waals surface area contributed by atoms with E-state index in [1.54, 1.807) is 23.6 Å². The number of nitrogens with zero attached hydrogens (tertiary/aromatic N) is 1. The van der Waals surface area contributed by atoms with E-state index in [0.29, 0.717) is 17.1 Å². The van der Waals surface area contributed by atoms with E-state index in [-0.39, 0.29) is 5.91 Å². The average Bonchev–Trinajstić information content (AvgIpc) is 2.75. The molecule has 0 spiro atoms. The maximum Gasteiger partial charge on any atom is 0.254 e. The summed E-state index contributed by atoms with van der Waals surface area (Å²) in [6.07, 6.45) is 3.83. The Hall–Kier alpha value is -0.910. The SMILES string of the molecule is O=C(NCCc1ccc(Br)s1)c1cnccc1Cl. The molecule has 1 amide bonds. The summed E-state index contributed by atoms with van der Waals surface area (Å²) in [6, 6.07) is 5.64. The molecule has 0 fully saturated rings.